The molecule has 0 aliphatic heterocycles. The lowest BCUT2D eigenvalue weighted by atomic mass is 10.1. The predicted molar refractivity (Wildman–Crippen MR) is 156 cm³/mol. The van der Waals surface area contributed by atoms with E-state index in [2.05, 4.69) is 22.8 Å². The highest BCUT2D eigenvalue weighted by Crippen LogP contribution is 2.18. The van der Waals surface area contributed by atoms with Gasteiger partial charge in [-0.3, -0.25) is 14.9 Å². The van der Waals surface area contributed by atoms with E-state index in [-0.39, 0.29) is 16.9 Å². The number of carbonyl (C=O) groups is 2. The summed E-state index contributed by atoms with van der Waals surface area (Å²) in [4.78, 5) is 27.4. The van der Waals surface area contributed by atoms with Gasteiger partial charge in [-0.05, 0) is 79.3 Å². The maximum atomic E-state index is 13.0. The highest BCUT2D eigenvalue weighted by molar-refractivity contribution is 7.80. The lowest BCUT2D eigenvalue weighted by molar-refractivity contribution is 0.0973. The van der Waals surface area contributed by atoms with Crippen molar-refractivity contribution in [2.24, 2.45) is 0 Å². The SMILES string of the molecule is CCN(C(=O)c1ccc(NC(=S)NC(=O)c2cccc(OCCc3ccccc3)c2)cc1)c1ccccc1. The average molecular weight is 524 g/mol. The van der Waals surface area contributed by atoms with Crippen LogP contribution in [0.15, 0.2) is 109 Å². The van der Waals surface area contributed by atoms with Crippen LogP contribution in [0, 0.1) is 0 Å². The van der Waals surface area contributed by atoms with Crippen LogP contribution in [0.25, 0.3) is 0 Å². The third-order valence-electron chi connectivity index (χ3n) is 5.84. The topological polar surface area (TPSA) is 70.7 Å². The third-order valence-corrected chi connectivity index (χ3v) is 6.05. The number of nitrogens with one attached hydrogen (secondary N) is 2. The Labute approximate surface area is 228 Å². The first-order chi connectivity index (χ1) is 18.5. The van der Waals surface area contributed by atoms with Crippen molar-refractivity contribution >= 4 is 40.5 Å². The van der Waals surface area contributed by atoms with Gasteiger partial charge in [0.1, 0.15) is 5.75 Å². The monoisotopic (exact) mass is 523 g/mol. The van der Waals surface area contributed by atoms with Gasteiger partial charge in [0.05, 0.1) is 6.61 Å². The van der Waals surface area contributed by atoms with Crippen LogP contribution < -0.4 is 20.3 Å². The summed E-state index contributed by atoms with van der Waals surface area (Å²) in [5.41, 5.74) is 3.69. The van der Waals surface area contributed by atoms with Gasteiger partial charge in [0.2, 0.25) is 0 Å². The number of ether oxygens (including phenoxy) is 1. The fourth-order valence-corrected chi connectivity index (χ4v) is 4.11. The molecule has 38 heavy (non-hydrogen) atoms. The van der Waals surface area contributed by atoms with Crippen molar-refractivity contribution < 1.29 is 14.3 Å². The normalized spacial score (nSPS) is 10.3. The fourth-order valence-electron chi connectivity index (χ4n) is 3.90. The van der Waals surface area contributed by atoms with Gasteiger partial charge in [-0.2, -0.15) is 0 Å². The molecule has 4 aromatic rings. The molecule has 0 heterocycles. The molecule has 0 unspecified atom stereocenters. The maximum Gasteiger partial charge on any atom is 0.258 e. The Bertz CT molecular complexity index is 1380. The van der Waals surface area contributed by atoms with Crippen LogP contribution in [-0.4, -0.2) is 30.1 Å². The maximum absolute atomic E-state index is 13.0. The molecule has 0 radical (unpaired) electrons. The van der Waals surface area contributed by atoms with E-state index in [1.165, 1.54) is 5.56 Å². The van der Waals surface area contributed by atoms with E-state index >= 15 is 0 Å². The first kappa shape index (κ1) is 26.6. The molecule has 0 aliphatic carbocycles. The Morgan fingerprint density at radius 3 is 2.18 bits per heavy atom. The molecule has 7 heteroatoms. The minimum atomic E-state index is -0.343. The molecule has 192 valence electrons. The second-order valence-electron chi connectivity index (χ2n) is 8.48. The molecule has 0 atom stereocenters. The second kappa shape index (κ2) is 13.2. The Kier molecular flexibility index (Phi) is 9.21. The van der Waals surface area contributed by atoms with E-state index < -0.39 is 0 Å². The van der Waals surface area contributed by atoms with E-state index in [9.17, 15) is 9.59 Å². The zero-order chi connectivity index (χ0) is 26.7. The van der Waals surface area contributed by atoms with Gasteiger partial charge in [0.15, 0.2) is 5.11 Å². The Morgan fingerprint density at radius 2 is 1.50 bits per heavy atom. The highest BCUT2D eigenvalue weighted by Gasteiger charge is 2.16. The number of hydrogen-bond donors (Lipinski definition) is 2. The van der Waals surface area contributed by atoms with Gasteiger partial charge < -0.3 is 15.0 Å². The van der Waals surface area contributed by atoms with Crippen LogP contribution in [0.4, 0.5) is 11.4 Å². The molecule has 0 fully saturated rings. The van der Waals surface area contributed by atoms with Crippen molar-refractivity contribution in [3.05, 3.63) is 126 Å². The standard InChI is InChI=1S/C31H29N3O3S/c1-2-34(27-13-7-4-8-14-27)30(36)24-16-18-26(19-17-24)32-31(38)33-29(35)25-12-9-15-28(22-25)37-21-20-23-10-5-3-6-11-23/h3-19,22H,2,20-21H2,1H3,(H2,32,33,35,38). The van der Waals surface area contributed by atoms with Gasteiger partial charge in [-0.1, -0.05) is 54.6 Å². The van der Waals surface area contributed by atoms with Gasteiger partial charge in [0, 0.05) is 35.5 Å². The van der Waals surface area contributed by atoms with Crippen LogP contribution in [0.2, 0.25) is 0 Å². The first-order valence-corrected chi connectivity index (χ1v) is 12.8. The molecule has 4 rings (SSSR count). The number of nitrogens with zero attached hydrogens (tertiary/aromatic N) is 1. The lowest BCUT2D eigenvalue weighted by Crippen LogP contribution is -2.34. The van der Waals surface area contributed by atoms with E-state index in [4.69, 9.17) is 17.0 Å². The summed E-state index contributed by atoms with van der Waals surface area (Å²) in [5, 5.41) is 5.84. The van der Waals surface area contributed by atoms with Crippen molar-refractivity contribution in [1.82, 2.24) is 5.32 Å². The number of anilines is 2. The van der Waals surface area contributed by atoms with Crippen molar-refractivity contribution in [2.45, 2.75) is 13.3 Å². The summed E-state index contributed by atoms with van der Waals surface area (Å²) < 4.78 is 5.83. The Balaban J connectivity index is 1.30. The summed E-state index contributed by atoms with van der Waals surface area (Å²) in [6.07, 6.45) is 0.776. The Morgan fingerprint density at radius 1 is 0.816 bits per heavy atom. The van der Waals surface area contributed by atoms with Crippen molar-refractivity contribution in [1.29, 1.82) is 0 Å². The summed E-state index contributed by atoms with van der Waals surface area (Å²) in [6.45, 7) is 3.00. The minimum absolute atomic E-state index is 0.0907. The van der Waals surface area contributed by atoms with E-state index in [1.807, 2.05) is 61.5 Å². The molecule has 0 aliphatic rings. The molecular weight excluding hydrogens is 494 g/mol. The van der Waals surface area contributed by atoms with Crippen LogP contribution in [-0.2, 0) is 6.42 Å². The molecule has 0 saturated carbocycles. The highest BCUT2D eigenvalue weighted by atomic mass is 32.1. The fraction of sp³-hybridized carbons (Fsp3) is 0.129. The molecule has 0 saturated heterocycles. The van der Waals surface area contributed by atoms with Crippen LogP contribution in [0.5, 0.6) is 5.75 Å². The van der Waals surface area contributed by atoms with Gasteiger partial charge >= 0.3 is 0 Å². The number of rotatable bonds is 9. The average Bonchev–Trinajstić information content (AvgIpc) is 2.95. The molecule has 0 bridgehead atoms. The summed E-state index contributed by atoms with van der Waals surface area (Å²) in [5.74, 6) is 0.181. The molecule has 2 amide bonds. The number of hydrogen-bond acceptors (Lipinski definition) is 4. The summed E-state index contributed by atoms with van der Waals surface area (Å²) in [6, 6.07) is 33.6. The van der Waals surface area contributed by atoms with Gasteiger partial charge in [0.25, 0.3) is 11.8 Å². The summed E-state index contributed by atoms with van der Waals surface area (Å²) in [7, 11) is 0. The molecule has 4 aromatic carbocycles. The van der Waals surface area contributed by atoms with E-state index in [1.54, 1.807) is 47.4 Å². The van der Waals surface area contributed by atoms with Crippen LogP contribution >= 0.6 is 12.2 Å². The molecule has 0 spiro atoms. The van der Waals surface area contributed by atoms with Crippen LogP contribution in [0.3, 0.4) is 0 Å². The lowest BCUT2D eigenvalue weighted by Gasteiger charge is -2.21. The molecule has 6 nitrogen and oxygen atoms in total. The van der Waals surface area contributed by atoms with Gasteiger partial charge in [-0.15, -0.1) is 0 Å². The van der Waals surface area contributed by atoms with Crippen molar-refractivity contribution in [3.8, 4) is 5.75 Å². The number of para-hydroxylation sites is 1. The number of thiocarbonyl (C=S) groups is 1. The van der Waals surface area contributed by atoms with E-state index in [0.717, 1.165) is 12.1 Å². The second-order valence-corrected chi connectivity index (χ2v) is 8.89. The first-order valence-electron chi connectivity index (χ1n) is 12.4. The zero-order valence-electron chi connectivity index (χ0n) is 21.1. The number of amides is 2. The number of carbonyl (C=O) groups excluding carboxylic acids is 2. The quantitative estimate of drug-likeness (QED) is 0.259. The Hall–Kier alpha value is -4.49. The summed E-state index contributed by atoms with van der Waals surface area (Å²) >= 11 is 5.33. The molecule has 0 aromatic heterocycles. The predicted octanol–water partition coefficient (Wildman–Crippen LogP) is 6.10. The van der Waals surface area contributed by atoms with Crippen molar-refractivity contribution in [3.63, 3.8) is 0 Å². The smallest absolute Gasteiger partial charge is 0.258 e. The van der Waals surface area contributed by atoms with Crippen LogP contribution in [0.1, 0.15) is 33.2 Å². The zero-order valence-corrected chi connectivity index (χ0v) is 21.9. The molecule has 2 N–H and O–H groups in total. The van der Waals surface area contributed by atoms with Gasteiger partial charge in [-0.25, -0.2) is 0 Å². The minimum Gasteiger partial charge on any atom is -0.493 e. The largest absolute Gasteiger partial charge is 0.493 e. The van der Waals surface area contributed by atoms with E-state index in [0.29, 0.717) is 35.7 Å². The molecular formula is C31H29N3O3S. The third kappa shape index (κ3) is 7.27. The number of benzene rings is 4. The van der Waals surface area contributed by atoms with Crippen molar-refractivity contribution in [2.75, 3.05) is 23.4 Å².